The first-order valence-electron chi connectivity index (χ1n) is 7.40. The Bertz CT molecular complexity index is 702. The van der Waals surface area contributed by atoms with Crippen LogP contribution >= 0.6 is 11.8 Å². The number of benzene rings is 1. The molecule has 1 fully saturated rings. The molecular weight excluding hydrogens is 297 g/mol. The Morgan fingerprint density at radius 1 is 1.18 bits per heavy atom. The number of thioether (sulfide) groups is 1. The number of fused-ring (bicyclic) bond motifs is 1. The van der Waals surface area contributed by atoms with Gasteiger partial charge in [0.1, 0.15) is 11.9 Å². The summed E-state index contributed by atoms with van der Waals surface area (Å²) in [5.41, 5.74) is 2.05. The summed E-state index contributed by atoms with van der Waals surface area (Å²) in [6, 6.07) is 12.8. The molecule has 3 heterocycles. The van der Waals surface area contributed by atoms with Gasteiger partial charge in [0, 0.05) is 18.0 Å². The van der Waals surface area contributed by atoms with E-state index < -0.39 is 0 Å². The molecule has 5 heteroatoms. The molecule has 0 amide bonds. The minimum atomic E-state index is -0.207. The molecule has 3 nitrogen and oxygen atoms in total. The van der Waals surface area contributed by atoms with Crippen molar-refractivity contribution in [3.63, 3.8) is 0 Å². The number of aromatic nitrogens is 1. The lowest BCUT2D eigenvalue weighted by Crippen LogP contribution is -2.28. The number of rotatable bonds is 2. The van der Waals surface area contributed by atoms with Crippen LogP contribution in [-0.2, 0) is 0 Å². The van der Waals surface area contributed by atoms with E-state index in [1.165, 1.54) is 12.1 Å². The minimum absolute atomic E-state index is 0.0262. The quantitative estimate of drug-likeness (QED) is 0.844. The van der Waals surface area contributed by atoms with E-state index in [1.807, 2.05) is 42.1 Å². The van der Waals surface area contributed by atoms with Gasteiger partial charge >= 0.3 is 0 Å². The van der Waals surface area contributed by atoms with Gasteiger partial charge in [0.15, 0.2) is 5.17 Å². The fourth-order valence-corrected chi connectivity index (χ4v) is 4.23. The Kier molecular flexibility index (Phi) is 3.37. The van der Waals surface area contributed by atoms with Crippen LogP contribution in [0.2, 0.25) is 0 Å². The topological polar surface area (TPSA) is 28.5 Å². The molecule has 0 spiro atoms. The first kappa shape index (κ1) is 13.8. The number of hydrogen-bond donors (Lipinski definition) is 0. The first-order chi connectivity index (χ1) is 10.7. The third-order valence-electron chi connectivity index (χ3n) is 4.09. The monoisotopic (exact) mass is 313 g/mol. The molecule has 2 aromatic rings. The van der Waals surface area contributed by atoms with Crippen molar-refractivity contribution >= 4 is 16.9 Å². The lowest BCUT2D eigenvalue weighted by Gasteiger charge is -2.27. The maximum absolute atomic E-state index is 13.3. The van der Waals surface area contributed by atoms with Crippen LogP contribution in [0.5, 0.6) is 0 Å². The van der Waals surface area contributed by atoms with Crippen LogP contribution in [0, 0.1) is 5.82 Å². The summed E-state index contributed by atoms with van der Waals surface area (Å²) in [6.45, 7) is 3.18. The fraction of sp³-hybridized carbons (Fsp3) is 0.294. The van der Waals surface area contributed by atoms with E-state index in [0.717, 1.165) is 23.0 Å². The maximum Gasteiger partial charge on any atom is 0.160 e. The molecule has 1 saturated heterocycles. The van der Waals surface area contributed by atoms with Gasteiger partial charge in [-0.1, -0.05) is 36.9 Å². The van der Waals surface area contributed by atoms with Crippen molar-refractivity contribution in [2.45, 2.75) is 24.3 Å². The average molecular weight is 313 g/mol. The van der Waals surface area contributed by atoms with Crippen LogP contribution in [0.15, 0.2) is 53.7 Å². The zero-order valence-corrected chi connectivity index (χ0v) is 13.0. The van der Waals surface area contributed by atoms with Crippen LogP contribution in [0.25, 0.3) is 0 Å². The van der Waals surface area contributed by atoms with Crippen LogP contribution in [0.3, 0.4) is 0 Å². The molecule has 3 atom stereocenters. The molecule has 0 aliphatic carbocycles. The molecule has 1 aromatic heterocycles. The summed E-state index contributed by atoms with van der Waals surface area (Å²) in [6.07, 6.45) is 1.80. The molecule has 0 N–H and O–H groups in total. The summed E-state index contributed by atoms with van der Waals surface area (Å²) >= 11 is 1.81. The first-order valence-corrected chi connectivity index (χ1v) is 8.28. The Morgan fingerprint density at radius 3 is 2.73 bits per heavy atom. The highest BCUT2D eigenvalue weighted by Gasteiger charge is 2.43. The van der Waals surface area contributed by atoms with Crippen molar-refractivity contribution in [3.05, 3.63) is 65.7 Å². The molecular formula is C17H16FN3S. The number of halogens is 1. The van der Waals surface area contributed by atoms with Gasteiger partial charge in [-0.25, -0.2) is 4.39 Å². The zero-order valence-electron chi connectivity index (χ0n) is 12.2. The average Bonchev–Trinajstić information content (AvgIpc) is 3.05. The van der Waals surface area contributed by atoms with E-state index in [-0.39, 0.29) is 17.9 Å². The van der Waals surface area contributed by atoms with E-state index in [0.29, 0.717) is 5.25 Å². The third-order valence-corrected chi connectivity index (χ3v) is 5.19. The van der Waals surface area contributed by atoms with Gasteiger partial charge in [-0.3, -0.25) is 9.98 Å². The molecule has 4 rings (SSSR count). The van der Waals surface area contributed by atoms with E-state index in [9.17, 15) is 4.39 Å². The summed E-state index contributed by atoms with van der Waals surface area (Å²) in [5.74, 6) is -0.207. The molecule has 1 aromatic carbocycles. The highest BCUT2D eigenvalue weighted by molar-refractivity contribution is 8.14. The number of pyridine rings is 1. The normalized spacial score (nSPS) is 26.9. The molecule has 2 aliphatic heterocycles. The van der Waals surface area contributed by atoms with Crippen molar-refractivity contribution < 1.29 is 4.39 Å². The van der Waals surface area contributed by atoms with Crippen molar-refractivity contribution in [1.82, 2.24) is 9.88 Å². The van der Waals surface area contributed by atoms with E-state index in [2.05, 4.69) is 16.8 Å². The van der Waals surface area contributed by atoms with Gasteiger partial charge in [0.2, 0.25) is 0 Å². The summed E-state index contributed by atoms with van der Waals surface area (Å²) in [5, 5.41) is 1.61. The highest BCUT2D eigenvalue weighted by atomic mass is 32.2. The number of amidine groups is 1. The van der Waals surface area contributed by atoms with Crippen molar-refractivity contribution in [2.24, 2.45) is 4.99 Å². The summed E-state index contributed by atoms with van der Waals surface area (Å²) in [7, 11) is 0. The molecule has 22 heavy (non-hydrogen) atoms. The SMILES string of the molecule is C[C@H]1CN2C(=N[C@@H](c3ccccn3)[C@@H]2c2ccc(F)cc2)S1. The Morgan fingerprint density at radius 2 is 2.00 bits per heavy atom. The lowest BCUT2D eigenvalue weighted by molar-refractivity contribution is 0.321. The highest BCUT2D eigenvalue weighted by Crippen LogP contribution is 2.47. The van der Waals surface area contributed by atoms with Gasteiger partial charge in [-0.05, 0) is 29.8 Å². The van der Waals surface area contributed by atoms with Crippen molar-refractivity contribution in [3.8, 4) is 0 Å². The van der Waals surface area contributed by atoms with E-state index in [1.54, 1.807) is 6.20 Å². The van der Waals surface area contributed by atoms with Crippen molar-refractivity contribution in [1.29, 1.82) is 0 Å². The summed E-state index contributed by atoms with van der Waals surface area (Å²) in [4.78, 5) is 11.7. The van der Waals surface area contributed by atoms with Crippen LogP contribution in [-0.4, -0.2) is 26.8 Å². The Balaban J connectivity index is 1.76. The number of nitrogens with zero attached hydrogens (tertiary/aromatic N) is 3. The molecule has 2 aliphatic rings. The largest absolute Gasteiger partial charge is 0.341 e. The second-order valence-corrected chi connectivity index (χ2v) is 7.09. The predicted molar refractivity (Wildman–Crippen MR) is 87.3 cm³/mol. The van der Waals surface area contributed by atoms with Crippen LogP contribution in [0.4, 0.5) is 4.39 Å². The van der Waals surface area contributed by atoms with E-state index >= 15 is 0 Å². The van der Waals surface area contributed by atoms with Gasteiger partial charge in [0.05, 0.1) is 11.7 Å². The van der Waals surface area contributed by atoms with Crippen LogP contribution < -0.4 is 0 Å². The van der Waals surface area contributed by atoms with Gasteiger partial charge in [-0.2, -0.15) is 0 Å². The fourth-order valence-electron chi connectivity index (χ4n) is 3.14. The molecule has 0 saturated carbocycles. The zero-order chi connectivity index (χ0) is 15.1. The maximum atomic E-state index is 13.3. The van der Waals surface area contributed by atoms with Gasteiger partial charge in [-0.15, -0.1) is 0 Å². The molecule has 0 unspecified atom stereocenters. The Hall–Kier alpha value is -1.88. The second-order valence-electron chi connectivity index (χ2n) is 5.69. The molecule has 112 valence electrons. The van der Waals surface area contributed by atoms with E-state index in [4.69, 9.17) is 4.99 Å². The molecule has 0 radical (unpaired) electrons. The lowest BCUT2D eigenvalue weighted by atomic mass is 9.96. The predicted octanol–water partition coefficient (Wildman–Crippen LogP) is 3.81. The van der Waals surface area contributed by atoms with Crippen molar-refractivity contribution in [2.75, 3.05) is 6.54 Å². The smallest absolute Gasteiger partial charge is 0.160 e. The van der Waals surface area contributed by atoms with Crippen LogP contribution in [0.1, 0.15) is 30.3 Å². The standard InChI is InChI=1S/C17H16FN3S/c1-11-10-21-16(12-5-7-13(18)8-6-12)15(20-17(21)22-11)14-4-2-3-9-19-14/h2-9,11,15-16H,10H2,1H3/t11-,15-,16-/m0/s1. The summed E-state index contributed by atoms with van der Waals surface area (Å²) < 4.78 is 13.3. The third kappa shape index (κ3) is 2.29. The Labute approximate surface area is 133 Å². The molecule has 0 bridgehead atoms. The van der Waals surface area contributed by atoms with Gasteiger partial charge in [0.25, 0.3) is 0 Å². The second kappa shape index (κ2) is 5.39. The van der Waals surface area contributed by atoms with Gasteiger partial charge < -0.3 is 4.90 Å². The number of aliphatic imine (C=N–C) groups is 1. The number of hydrogen-bond acceptors (Lipinski definition) is 4. The minimum Gasteiger partial charge on any atom is -0.341 e.